The van der Waals surface area contributed by atoms with Gasteiger partial charge in [-0.1, -0.05) is 152 Å². The fourth-order valence-corrected chi connectivity index (χ4v) is 9.02. The summed E-state index contributed by atoms with van der Waals surface area (Å²) in [6.45, 7) is 0. The molecule has 11 rings (SSSR count). The summed E-state index contributed by atoms with van der Waals surface area (Å²) in [4.78, 5) is 7.47. The van der Waals surface area contributed by atoms with Crippen molar-refractivity contribution in [1.29, 1.82) is 0 Å². The predicted octanol–water partition coefficient (Wildman–Crippen LogP) is 13.4. The second kappa shape index (κ2) is 13.3. The second-order valence-corrected chi connectivity index (χ2v) is 14.7. The van der Waals surface area contributed by atoms with E-state index in [0.717, 1.165) is 28.0 Å². The summed E-state index contributed by atoms with van der Waals surface area (Å²) in [6, 6.07) is 68.0. The first kappa shape index (κ1) is 32.2. The van der Waals surface area contributed by atoms with Crippen LogP contribution >= 0.6 is 0 Å². The molecule has 1 aliphatic carbocycles. The molecule has 264 valence electrons. The van der Waals surface area contributed by atoms with Crippen LogP contribution in [0.3, 0.4) is 0 Å². The number of anilines is 2. The van der Waals surface area contributed by atoms with Crippen molar-refractivity contribution in [3.05, 3.63) is 224 Å². The van der Waals surface area contributed by atoms with Gasteiger partial charge in [-0.3, -0.25) is 4.57 Å². The van der Waals surface area contributed by atoms with Crippen LogP contribution in [-0.2, 0) is 0 Å². The van der Waals surface area contributed by atoms with E-state index in [1.807, 2.05) is 6.20 Å². The zero-order chi connectivity index (χ0) is 37.0. The summed E-state index contributed by atoms with van der Waals surface area (Å²) in [5.74, 6) is 1.17. The molecule has 56 heavy (non-hydrogen) atoms. The van der Waals surface area contributed by atoms with Crippen LogP contribution in [0.1, 0.15) is 17.0 Å². The van der Waals surface area contributed by atoms with Gasteiger partial charge in [0, 0.05) is 34.3 Å². The highest BCUT2D eigenvalue weighted by molar-refractivity contribution is 6.10. The van der Waals surface area contributed by atoms with Crippen molar-refractivity contribution in [3.8, 4) is 39.2 Å². The molecule has 1 aliphatic heterocycles. The summed E-state index contributed by atoms with van der Waals surface area (Å²) >= 11 is 0. The van der Waals surface area contributed by atoms with E-state index in [4.69, 9.17) is 4.98 Å². The number of para-hydroxylation sites is 3. The average molecular weight is 716 g/mol. The van der Waals surface area contributed by atoms with Gasteiger partial charge in [-0.25, -0.2) is 4.98 Å². The third-order valence-electron chi connectivity index (χ3n) is 11.6. The number of fused-ring (bicyclic) bond motifs is 6. The fraction of sp³-hybridized carbons (Fsp3) is 0.0377. The van der Waals surface area contributed by atoms with E-state index in [2.05, 4.69) is 216 Å². The third kappa shape index (κ3) is 5.32. The van der Waals surface area contributed by atoms with Gasteiger partial charge in [-0.15, -0.1) is 0 Å². The highest BCUT2D eigenvalue weighted by Gasteiger charge is 2.38. The average Bonchev–Trinajstić information content (AvgIpc) is 3.79. The van der Waals surface area contributed by atoms with Crippen LogP contribution < -0.4 is 4.90 Å². The lowest BCUT2D eigenvalue weighted by Gasteiger charge is -2.29. The molecule has 9 aromatic rings. The highest BCUT2D eigenvalue weighted by Crippen LogP contribution is 2.49. The molecule has 0 amide bonds. The summed E-state index contributed by atoms with van der Waals surface area (Å²) in [7, 11) is 0. The van der Waals surface area contributed by atoms with Crippen molar-refractivity contribution in [2.24, 2.45) is 0 Å². The molecule has 0 N–H and O–H groups in total. The Hall–Kier alpha value is -7.23. The minimum absolute atomic E-state index is 0.238. The predicted molar refractivity (Wildman–Crippen MR) is 234 cm³/mol. The molecule has 2 atom stereocenters. The fourth-order valence-electron chi connectivity index (χ4n) is 9.02. The Morgan fingerprint density at radius 3 is 2.02 bits per heavy atom. The first-order chi connectivity index (χ1) is 27.8. The molecule has 7 aromatic carbocycles. The molecule has 0 bridgehead atoms. The molecule has 0 fully saturated rings. The molecule has 2 unspecified atom stereocenters. The van der Waals surface area contributed by atoms with Crippen LogP contribution in [0, 0.1) is 0 Å². The lowest BCUT2D eigenvalue weighted by atomic mass is 9.86. The Balaban J connectivity index is 0.974. The molecule has 3 heteroatoms. The number of benzene rings is 7. The standard InChI is InChI=1S/C53H37N3/c1-3-14-36(15-4-1)43-20-7-8-21-44(43)41-17-13-16-37(32-41)40-30-31-54-53(35-40)56-50-25-12-10-23-46(50)48-34-39(27-29-52(48)56)38-26-28-51-47(33-38)45-22-9-11-24-49(45)55(51)42-18-5-2-6-19-42/h1-35,47,51H. The first-order valence-electron chi connectivity index (χ1n) is 19.4. The minimum atomic E-state index is 0.238. The van der Waals surface area contributed by atoms with Gasteiger partial charge >= 0.3 is 0 Å². The quantitative estimate of drug-likeness (QED) is 0.171. The molecule has 2 aliphatic rings. The highest BCUT2D eigenvalue weighted by atomic mass is 15.2. The van der Waals surface area contributed by atoms with E-state index < -0.39 is 0 Å². The molecule has 0 saturated carbocycles. The van der Waals surface area contributed by atoms with E-state index >= 15 is 0 Å². The zero-order valence-corrected chi connectivity index (χ0v) is 30.7. The van der Waals surface area contributed by atoms with Crippen LogP contribution in [0.15, 0.2) is 212 Å². The van der Waals surface area contributed by atoms with E-state index in [1.165, 1.54) is 61.1 Å². The Morgan fingerprint density at radius 2 is 1.14 bits per heavy atom. The maximum atomic E-state index is 4.98. The normalized spacial score (nSPS) is 15.9. The number of pyridine rings is 1. The van der Waals surface area contributed by atoms with E-state index in [9.17, 15) is 0 Å². The molecule has 3 nitrogen and oxygen atoms in total. The van der Waals surface area contributed by atoms with Crippen LogP contribution in [0.5, 0.6) is 0 Å². The maximum absolute atomic E-state index is 4.98. The lowest BCUT2D eigenvalue weighted by Crippen LogP contribution is -2.28. The monoisotopic (exact) mass is 715 g/mol. The molecule has 0 radical (unpaired) electrons. The van der Waals surface area contributed by atoms with E-state index in [-0.39, 0.29) is 12.0 Å². The Labute approximate surface area is 326 Å². The topological polar surface area (TPSA) is 21.1 Å². The molecular weight excluding hydrogens is 679 g/mol. The number of nitrogens with zero attached hydrogens (tertiary/aromatic N) is 3. The maximum Gasteiger partial charge on any atom is 0.138 e. The molecule has 0 spiro atoms. The number of hydrogen-bond acceptors (Lipinski definition) is 2. The van der Waals surface area contributed by atoms with Crippen molar-refractivity contribution in [3.63, 3.8) is 0 Å². The van der Waals surface area contributed by atoms with Crippen molar-refractivity contribution in [2.45, 2.75) is 12.0 Å². The van der Waals surface area contributed by atoms with Gasteiger partial charge in [0.25, 0.3) is 0 Å². The number of hydrogen-bond donors (Lipinski definition) is 0. The van der Waals surface area contributed by atoms with Crippen LogP contribution in [0.4, 0.5) is 11.4 Å². The summed E-state index contributed by atoms with van der Waals surface area (Å²) in [5, 5.41) is 2.44. The Kier molecular flexibility index (Phi) is 7.63. The van der Waals surface area contributed by atoms with Gasteiger partial charge in [0.15, 0.2) is 0 Å². The number of aromatic nitrogens is 2. The van der Waals surface area contributed by atoms with Crippen molar-refractivity contribution in [1.82, 2.24) is 9.55 Å². The largest absolute Gasteiger partial charge is 0.333 e. The SMILES string of the molecule is C1=CC2C(C=C1c1ccc3c(c1)c1ccccc1n3-c1cc(-c3cccc(-c4ccccc4-c4ccccc4)c3)ccn1)c1ccccc1N2c1ccccc1. The molecule has 0 saturated heterocycles. The smallest absolute Gasteiger partial charge is 0.138 e. The van der Waals surface area contributed by atoms with Crippen molar-refractivity contribution < 1.29 is 0 Å². The third-order valence-corrected chi connectivity index (χ3v) is 11.6. The first-order valence-corrected chi connectivity index (χ1v) is 19.4. The van der Waals surface area contributed by atoms with Gasteiger partial charge in [-0.05, 0) is 105 Å². The zero-order valence-electron chi connectivity index (χ0n) is 30.7. The summed E-state index contributed by atoms with van der Waals surface area (Å²) in [5.41, 5.74) is 15.8. The van der Waals surface area contributed by atoms with E-state index in [1.54, 1.807) is 0 Å². The second-order valence-electron chi connectivity index (χ2n) is 14.7. The van der Waals surface area contributed by atoms with Crippen molar-refractivity contribution >= 4 is 38.8 Å². The van der Waals surface area contributed by atoms with E-state index in [0.29, 0.717) is 0 Å². The number of rotatable bonds is 6. The Bertz CT molecular complexity index is 2990. The minimum Gasteiger partial charge on any atom is -0.333 e. The van der Waals surface area contributed by atoms with Gasteiger partial charge in [0.2, 0.25) is 0 Å². The van der Waals surface area contributed by atoms with Crippen LogP contribution in [0.25, 0.3) is 66.6 Å². The number of allylic oxidation sites excluding steroid dienone is 2. The van der Waals surface area contributed by atoms with Crippen molar-refractivity contribution in [2.75, 3.05) is 4.90 Å². The Morgan fingerprint density at radius 1 is 0.464 bits per heavy atom. The van der Waals surface area contributed by atoms with Gasteiger partial charge in [0.05, 0.1) is 17.1 Å². The lowest BCUT2D eigenvalue weighted by molar-refractivity contribution is 0.747. The summed E-state index contributed by atoms with van der Waals surface area (Å²) < 4.78 is 2.32. The molecule has 3 heterocycles. The van der Waals surface area contributed by atoms with Crippen LogP contribution in [-0.4, -0.2) is 15.6 Å². The summed E-state index contributed by atoms with van der Waals surface area (Å²) in [6.07, 6.45) is 9.13. The molecule has 2 aromatic heterocycles. The van der Waals surface area contributed by atoms with Gasteiger partial charge in [-0.2, -0.15) is 0 Å². The van der Waals surface area contributed by atoms with Gasteiger partial charge < -0.3 is 4.90 Å². The molecular formula is C53H37N3. The van der Waals surface area contributed by atoms with Gasteiger partial charge in [0.1, 0.15) is 5.82 Å². The van der Waals surface area contributed by atoms with Crippen LogP contribution in [0.2, 0.25) is 0 Å².